The van der Waals surface area contributed by atoms with Crippen LogP contribution in [0.15, 0.2) is 53.5 Å². The molecule has 1 N–H and O–H groups in total. The van der Waals surface area contributed by atoms with Crippen molar-refractivity contribution in [3.63, 3.8) is 0 Å². The van der Waals surface area contributed by atoms with Gasteiger partial charge in [0.05, 0.1) is 12.3 Å². The zero-order chi connectivity index (χ0) is 17.2. The second kappa shape index (κ2) is 8.33. The average molecular weight is 369 g/mol. The standard InChI is InChI=1S/C17H17NO5S.Na/c19-17(18-9-10-24(20,21)22)23-11-16-14-7-3-1-5-12(14)13-6-2-4-8-15(13)16;/h1-8,16H,9-11H2,(H,18,19)(H,20,21,22);/q;+1/p-1. The molecule has 0 unspecified atom stereocenters. The number of nitrogens with zero attached hydrogens (tertiary/aromatic N) is 1. The molecule has 0 aromatic heterocycles. The summed E-state index contributed by atoms with van der Waals surface area (Å²) in [6, 6.07) is 15.9. The largest absolute Gasteiger partial charge is 1.00 e. The molecule has 0 fully saturated rings. The van der Waals surface area contributed by atoms with Crippen molar-refractivity contribution in [1.29, 1.82) is 0 Å². The molecule has 3 rings (SSSR count). The van der Waals surface area contributed by atoms with Crippen LogP contribution in [0.2, 0.25) is 0 Å². The van der Waals surface area contributed by atoms with Gasteiger partial charge in [-0.25, -0.2) is 0 Å². The second-order valence-electron chi connectivity index (χ2n) is 5.47. The van der Waals surface area contributed by atoms with Crippen LogP contribution in [-0.4, -0.2) is 38.0 Å². The summed E-state index contributed by atoms with van der Waals surface area (Å²) in [5, 5.41) is 11.6. The van der Waals surface area contributed by atoms with Crippen LogP contribution in [0.3, 0.4) is 0 Å². The predicted octanol–water partition coefficient (Wildman–Crippen LogP) is -1.58. The summed E-state index contributed by atoms with van der Waals surface area (Å²) in [4.78, 5) is 3.48. The van der Waals surface area contributed by atoms with E-state index in [0.29, 0.717) is 0 Å². The molecular weight excluding hydrogens is 353 g/mol. The Morgan fingerprint density at radius 2 is 1.60 bits per heavy atom. The second-order valence-corrected chi connectivity index (χ2v) is 7.04. The molecule has 1 aliphatic rings. The van der Waals surface area contributed by atoms with E-state index in [1.54, 1.807) is 0 Å². The molecule has 2 aromatic rings. The molecule has 0 aliphatic heterocycles. The molecule has 0 bridgehead atoms. The Morgan fingerprint density at radius 3 is 2.12 bits per heavy atom. The van der Waals surface area contributed by atoms with Crippen molar-refractivity contribution in [1.82, 2.24) is 0 Å². The van der Waals surface area contributed by atoms with E-state index in [1.165, 1.54) is 0 Å². The predicted molar refractivity (Wildman–Crippen MR) is 88.4 cm³/mol. The normalized spacial score (nSPS) is 13.7. The van der Waals surface area contributed by atoms with Gasteiger partial charge in [-0.15, -0.1) is 0 Å². The molecule has 8 heteroatoms. The summed E-state index contributed by atoms with van der Waals surface area (Å²) < 4.78 is 35.0. The first-order chi connectivity index (χ1) is 11.5. The Kier molecular flexibility index (Phi) is 6.65. The number of fused-ring (bicyclic) bond motifs is 3. The number of rotatable bonds is 5. The summed E-state index contributed by atoms with van der Waals surface area (Å²) in [5.41, 5.74) is 4.42. The van der Waals surface area contributed by atoms with Gasteiger partial charge in [-0.1, -0.05) is 48.5 Å². The zero-order valence-electron chi connectivity index (χ0n) is 13.8. The Balaban J connectivity index is 0.00000225. The minimum Gasteiger partial charge on any atom is -0.599 e. The first-order valence-corrected chi connectivity index (χ1v) is 9.04. The fourth-order valence-electron chi connectivity index (χ4n) is 2.89. The van der Waals surface area contributed by atoms with E-state index in [4.69, 9.17) is 9.29 Å². The smallest absolute Gasteiger partial charge is 0.599 e. The molecule has 0 saturated carbocycles. The Hall–Kier alpha value is -1.38. The SMILES string of the molecule is O=S(=O)(O)CCN=C([O-])OCC1c2ccccc2-c2ccccc21.[Na+]. The minimum absolute atomic E-state index is 0. The van der Waals surface area contributed by atoms with Crippen molar-refractivity contribution in [2.24, 2.45) is 4.99 Å². The molecule has 0 atom stereocenters. The van der Waals surface area contributed by atoms with Gasteiger partial charge in [0, 0.05) is 12.5 Å². The van der Waals surface area contributed by atoms with Gasteiger partial charge in [0.15, 0.2) is 0 Å². The van der Waals surface area contributed by atoms with Gasteiger partial charge in [0.1, 0.15) is 6.08 Å². The van der Waals surface area contributed by atoms with Crippen LogP contribution in [0.4, 0.5) is 0 Å². The molecule has 25 heavy (non-hydrogen) atoms. The van der Waals surface area contributed by atoms with Crippen LogP contribution in [-0.2, 0) is 14.9 Å². The van der Waals surface area contributed by atoms with Gasteiger partial charge in [0.25, 0.3) is 10.1 Å². The molecular formula is C17H16NNaO5S. The molecule has 0 saturated heterocycles. The van der Waals surface area contributed by atoms with Crippen LogP contribution < -0.4 is 34.7 Å². The molecule has 2 aromatic carbocycles. The molecule has 0 heterocycles. The van der Waals surface area contributed by atoms with E-state index in [9.17, 15) is 13.5 Å². The minimum atomic E-state index is -4.13. The Labute approximate surface area is 168 Å². The van der Waals surface area contributed by atoms with E-state index < -0.39 is 22.0 Å². The van der Waals surface area contributed by atoms with Gasteiger partial charge in [-0.3, -0.25) is 9.55 Å². The molecule has 1 aliphatic carbocycles. The van der Waals surface area contributed by atoms with Crippen LogP contribution in [0.1, 0.15) is 17.0 Å². The van der Waals surface area contributed by atoms with Crippen molar-refractivity contribution in [2.45, 2.75) is 5.92 Å². The maximum Gasteiger partial charge on any atom is 1.00 e. The van der Waals surface area contributed by atoms with Gasteiger partial charge < -0.3 is 9.84 Å². The number of hydrogen-bond acceptors (Lipinski definition) is 5. The summed E-state index contributed by atoms with van der Waals surface area (Å²) >= 11 is 0. The third-order valence-electron chi connectivity index (χ3n) is 3.93. The monoisotopic (exact) mass is 369 g/mol. The van der Waals surface area contributed by atoms with Gasteiger partial charge in [0.2, 0.25) is 0 Å². The van der Waals surface area contributed by atoms with Crippen molar-refractivity contribution in [2.75, 3.05) is 18.9 Å². The fourth-order valence-corrected chi connectivity index (χ4v) is 3.21. The van der Waals surface area contributed by atoms with E-state index in [2.05, 4.69) is 4.99 Å². The Bertz CT molecular complexity index is 837. The number of ether oxygens (including phenoxy) is 1. The molecule has 0 amide bonds. The van der Waals surface area contributed by atoms with Gasteiger partial charge in [-0.2, -0.15) is 8.42 Å². The number of aliphatic imine (C=N–C) groups is 1. The number of benzene rings is 2. The summed E-state index contributed by atoms with van der Waals surface area (Å²) in [6.07, 6.45) is -0.833. The molecule has 6 nitrogen and oxygen atoms in total. The van der Waals surface area contributed by atoms with Gasteiger partial charge >= 0.3 is 29.6 Å². The van der Waals surface area contributed by atoms with Crippen LogP contribution in [0.5, 0.6) is 0 Å². The maximum atomic E-state index is 11.6. The van der Waals surface area contributed by atoms with E-state index >= 15 is 0 Å². The summed E-state index contributed by atoms with van der Waals surface area (Å²) in [7, 11) is -4.13. The van der Waals surface area contributed by atoms with Crippen LogP contribution in [0.25, 0.3) is 11.1 Å². The van der Waals surface area contributed by atoms with E-state index in [-0.39, 0.29) is 48.6 Å². The fraction of sp³-hybridized carbons (Fsp3) is 0.235. The first-order valence-electron chi connectivity index (χ1n) is 7.43. The summed E-state index contributed by atoms with van der Waals surface area (Å²) in [6.45, 7) is -0.197. The Morgan fingerprint density at radius 1 is 1.08 bits per heavy atom. The van der Waals surface area contributed by atoms with Crippen LogP contribution >= 0.6 is 0 Å². The first kappa shape index (κ1) is 19.9. The average Bonchev–Trinajstić information content (AvgIpc) is 2.86. The van der Waals surface area contributed by atoms with Crippen LogP contribution in [0, 0.1) is 0 Å². The van der Waals surface area contributed by atoms with Crippen molar-refractivity contribution < 1.29 is 52.4 Å². The van der Waals surface area contributed by atoms with Crippen molar-refractivity contribution in [3.05, 3.63) is 59.7 Å². The maximum absolute atomic E-state index is 11.6. The number of hydrogen-bond donors (Lipinski definition) is 1. The zero-order valence-corrected chi connectivity index (χ0v) is 16.6. The third-order valence-corrected chi connectivity index (χ3v) is 4.62. The van der Waals surface area contributed by atoms with Gasteiger partial charge in [-0.05, 0) is 22.3 Å². The molecule has 0 radical (unpaired) electrons. The topological polar surface area (TPSA) is 99.0 Å². The van der Waals surface area contributed by atoms with Crippen molar-refractivity contribution >= 4 is 16.2 Å². The van der Waals surface area contributed by atoms with E-state index in [0.717, 1.165) is 22.3 Å². The quantitative estimate of drug-likeness (QED) is 0.297. The van der Waals surface area contributed by atoms with E-state index in [1.807, 2.05) is 48.5 Å². The van der Waals surface area contributed by atoms with Crippen molar-refractivity contribution in [3.8, 4) is 11.1 Å². The summed E-state index contributed by atoms with van der Waals surface area (Å²) in [5.74, 6) is -0.671. The third kappa shape index (κ3) is 4.83. The molecule has 0 spiro atoms. The molecule has 126 valence electrons.